The third kappa shape index (κ3) is 8.89. The second-order valence-electron chi connectivity index (χ2n) is 8.42. The number of phenols is 4. The van der Waals surface area contributed by atoms with E-state index >= 15 is 0 Å². The first kappa shape index (κ1) is 32.3. The van der Waals surface area contributed by atoms with Gasteiger partial charge in [0, 0.05) is 10.0 Å². The second kappa shape index (κ2) is 14.1. The zero-order chi connectivity index (χ0) is 30.9. The Hall–Kier alpha value is -4.22. The largest absolute Gasteiger partial charge is 0.508 e. The molecular formula is C30H24Cl2O8S2. The molecule has 0 spiro atoms. The minimum absolute atomic E-state index is 0.00894. The van der Waals surface area contributed by atoms with Crippen LogP contribution in [-0.2, 0) is 19.7 Å². The molecule has 0 amide bonds. The predicted molar refractivity (Wildman–Crippen MR) is 160 cm³/mol. The van der Waals surface area contributed by atoms with Gasteiger partial charge in [-0.15, -0.1) is 0 Å². The second-order valence-corrected chi connectivity index (χ2v) is 13.2. The lowest BCUT2D eigenvalue weighted by Crippen LogP contribution is -2.01. The van der Waals surface area contributed by atoms with E-state index in [1.165, 1.54) is 97.1 Å². The molecule has 0 aromatic heterocycles. The molecule has 0 unspecified atom stereocenters. The highest BCUT2D eigenvalue weighted by Gasteiger charge is 2.18. The van der Waals surface area contributed by atoms with Crippen LogP contribution in [0.3, 0.4) is 0 Å². The minimum atomic E-state index is -3.59. The van der Waals surface area contributed by atoms with Gasteiger partial charge in [0.2, 0.25) is 19.7 Å². The number of sulfone groups is 2. The van der Waals surface area contributed by atoms with Gasteiger partial charge in [-0.1, -0.05) is 23.2 Å². The first-order valence-corrected chi connectivity index (χ1v) is 15.6. The lowest BCUT2D eigenvalue weighted by molar-refractivity contribution is 0.460. The van der Waals surface area contributed by atoms with Gasteiger partial charge in [-0.3, -0.25) is 0 Å². The fourth-order valence-electron chi connectivity index (χ4n) is 3.20. The SMILES string of the molecule is O=S(=O)(c1ccc(Cl)cc1)c1ccc(Cl)cc1.O=S(=O)(c1ccc(O)cc1)c1ccc(O)cc1.Oc1ccc(O)cc1. The Balaban J connectivity index is 0.000000184. The van der Waals surface area contributed by atoms with Crippen molar-refractivity contribution in [3.63, 3.8) is 0 Å². The summed E-state index contributed by atoms with van der Waals surface area (Å²) in [6.07, 6.45) is 0. The Morgan fingerprint density at radius 1 is 0.333 bits per heavy atom. The van der Waals surface area contributed by atoms with Crippen molar-refractivity contribution in [2.24, 2.45) is 0 Å². The molecule has 5 aromatic rings. The summed E-state index contributed by atoms with van der Waals surface area (Å²) in [5, 5.41) is 36.5. The van der Waals surface area contributed by atoms with Crippen LogP contribution in [0.25, 0.3) is 0 Å². The third-order valence-electron chi connectivity index (χ3n) is 5.39. The van der Waals surface area contributed by atoms with Crippen LogP contribution >= 0.6 is 23.2 Å². The van der Waals surface area contributed by atoms with Gasteiger partial charge in [0.25, 0.3) is 0 Å². The van der Waals surface area contributed by atoms with Crippen molar-refractivity contribution in [3.8, 4) is 23.0 Å². The van der Waals surface area contributed by atoms with Gasteiger partial charge in [0.05, 0.1) is 19.6 Å². The normalized spacial score (nSPS) is 10.9. The van der Waals surface area contributed by atoms with E-state index in [-0.39, 0.29) is 42.6 Å². The number of aromatic hydroxyl groups is 4. The highest BCUT2D eigenvalue weighted by molar-refractivity contribution is 7.91. The topological polar surface area (TPSA) is 149 Å². The predicted octanol–water partition coefficient (Wildman–Crippen LogP) is 6.85. The molecule has 0 radical (unpaired) electrons. The zero-order valence-corrected chi connectivity index (χ0v) is 24.7. The summed E-state index contributed by atoms with van der Waals surface area (Å²) < 4.78 is 48.5. The third-order valence-corrected chi connectivity index (χ3v) is 9.47. The van der Waals surface area contributed by atoms with Crippen molar-refractivity contribution in [2.45, 2.75) is 19.6 Å². The molecule has 5 rings (SSSR count). The number of halogens is 2. The molecule has 12 heteroatoms. The molecule has 5 aromatic carbocycles. The molecule has 0 saturated carbocycles. The standard InChI is InChI=1S/C12H8Cl2O2S.C12H10O4S.C6H6O2/c2*13-9-1-5-11(6-2-9)17(15,16)12-7-3-10(14)4-8-12;7-5-1-2-6(8)4-3-5/h1-8H;1-8,13-14H;1-4,7-8H. The highest BCUT2D eigenvalue weighted by atomic mass is 35.5. The highest BCUT2D eigenvalue weighted by Crippen LogP contribution is 2.25. The lowest BCUT2D eigenvalue weighted by atomic mass is 10.3. The summed E-state index contributed by atoms with van der Waals surface area (Å²) in [4.78, 5) is 0.621. The summed E-state index contributed by atoms with van der Waals surface area (Å²) in [5.41, 5.74) is 0. The van der Waals surface area contributed by atoms with E-state index in [1.54, 1.807) is 24.3 Å². The van der Waals surface area contributed by atoms with Crippen molar-refractivity contribution in [2.75, 3.05) is 0 Å². The van der Waals surface area contributed by atoms with Crippen LogP contribution in [-0.4, -0.2) is 37.3 Å². The monoisotopic (exact) mass is 646 g/mol. The molecule has 0 bridgehead atoms. The molecular weight excluding hydrogens is 623 g/mol. The van der Waals surface area contributed by atoms with Crippen molar-refractivity contribution in [3.05, 3.63) is 131 Å². The molecule has 0 heterocycles. The van der Waals surface area contributed by atoms with E-state index < -0.39 is 19.7 Å². The molecule has 0 aliphatic rings. The van der Waals surface area contributed by atoms with Crippen LogP contribution in [0.15, 0.2) is 141 Å². The van der Waals surface area contributed by atoms with Crippen molar-refractivity contribution in [1.29, 1.82) is 0 Å². The summed E-state index contributed by atoms with van der Waals surface area (Å²) in [6.45, 7) is 0. The van der Waals surface area contributed by atoms with Gasteiger partial charge >= 0.3 is 0 Å². The molecule has 0 fully saturated rings. The van der Waals surface area contributed by atoms with Gasteiger partial charge in [-0.25, -0.2) is 16.8 Å². The van der Waals surface area contributed by atoms with Gasteiger partial charge in [0.15, 0.2) is 0 Å². The maximum Gasteiger partial charge on any atom is 0.206 e. The summed E-state index contributed by atoms with van der Waals surface area (Å²) in [7, 11) is -7.08. The first-order chi connectivity index (χ1) is 19.8. The maximum atomic E-state index is 12.2. The van der Waals surface area contributed by atoms with Gasteiger partial charge < -0.3 is 20.4 Å². The van der Waals surface area contributed by atoms with Crippen molar-refractivity contribution in [1.82, 2.24) is 0 Å². The number of hydrogen-bond acceptors (Lipinski definition) is 8. The molecule has 42 heavy (non-hydrogen) atoms. The minimum Gasteiger partial charge on any atom is -0.508 e. The summed E-state index contributed by atoms with van der Waals surface area (Å²) in [5.74, 6) is 0.356. The molecule has 8 nitrogen and oxygen atoms in total. The van der Waals surface area contributed by atoms with Crippen LogP contribution in [0, 0.1) is 0 Å². The van der Waals surface area contributed by atoms with E-state index in [1.807, 2.05) is 0 Å². The van der Waals surface area contributed by atoms with E-state index in [0.29, 0.717) is 10.0 Å². The number of rotatable bonds is 4. The quantitative estimate of drug-likeness (QED) is 0.155. The molecule has 218 valence electrons. The molecule has 4 N–H and O–H groups in total. The maximum absolute atomic E-state index is 12.2. The van der Waals surface area contributed by atoms with Crippen LogP contribution in [0.4, 0.5) is 0 Å². The number of benzene rings is 5. The van der Waals surface area contributed by atoms with Crippen LogP contribution in [0.2, 0.25) is 10.0 Å². The molecule has 0 aliphatic carbocycles. The molecule has 0 atom stereocenters. The summed E-state index contributed by atoms with van der Waals surface area (Å²) >= 11 is 11.4. The van der Waals surface area contributed by atoms with Crippen LogP contribution < -0.4 is 0 Å². The Kier molecular flexibility index (Phi) is 10.8. The average Bonchev–Trinajstić information content (AvgIpc) is 2.96. The summed E-state index contributed by atoms with van der Waals surface area (Å²) in [6, 6.07) is 28.4. The fourth-order valence-corrected chi connectivity index (χ4v) is 5.98. The molecule has 0 aliphatic heterocycles. The van der Waals surface area contributed by atoms with Crippen molar-refractivity contribution >= 4 is 42.9 Å². The number of hydrogen-bond donors (Lipinski definition) is 4. The van der Waals surface area contributed by atoms with E-state index in [9.17, 15) is 16.8 Å². The number of phenolic OH excluding ortho intramolecular Hbond substituents is 4. The molecule has 0 saturated heterocycles. The van der Waals surface area contributed by atoms with E-state index in [0.717, 1.165) is 0 Å². The van der Waals surface area contributed by atoms with Gasteiger partial charge in [-0.2, -0.15) is 0 Å². The lowest BCUT2D eigenvalue weighted by Gasteiger charge is -2.04. The average molecular weight is 648 g/mol. The Labute approximate surface area is 253 Å². The zero-order valence-electron chi connectivity index (χ0n) is 21.5. The van der Waals surface area contributed by atoms with E-state index in [2.05, 4.69) is 0 Å². The Morgan fingerprint density at radius 3 is 0.714 bits per heavy atom. The van der Waals surface area contributed by atoms with E-state index in [4.69, 9.17) is 43.6 Å². The smallest absolute Gasteiger partial charge is 0.206 e. The van der Waals surface area contributed by atoms with Crippen LogP contribution in [0.1, 0.15) is 0 Å². The van der Waals surface area contributed by atoms with Gasteiger partial charge in [0.1, 0.15) is 23.0 Å². The Bertz CT molecular complexity index is 1570. The van der Waals surface area contributed by atoms with Gasteiger partial charge in [-0.05, 0) is 121 Å². The van der Waals surface area contributed by atoms with Crippen molar-refractivity contribution < 1.29 is 37.3 Å². The first-order valence-electron chi connectivity index (χ1n) is 11.9. The van der Waals surface area contributed by atoms with Crippen LogP contribution in [0.5, 0.6) is 23.0 Å². The fraction of sp³-hybridized carbons (Fsp3) is 0. The Morgan fingerprint density at radius 2 is 0.500 bits per heavy atom.